The lowest BCUT2D eigenvalue weighted by Gasteiger charge is -2.17. The average Bonchev–Trinajstić information content (AvgIpc) is 3.70. The number of aromatic nitrogens is 3. The van der Waals surface area contributed by atoms with Gasteiger partial charge in [0.05, 0.1) is 27.8 Å². The van der Waals surface area contributed by atoms with Crippen molar-refractivity contribution in [1.82, 2.24) is 24.8 Å². The van der Waals surface area contributed by atoms with Crippen LogP contribution in [0, 0.1) is 13.8 Å². The Morgan fingerprint density at radius 2 is 1.79 bits per heavy atom. The van der Waals surface area contributed by atoms with Crippen LogP contribution in [-0.4, -0.2) is 87.1 Å². The number of carbonyl (C=O) groups is 2. The van der Waals surface area contributed by atoms with Gasteiger partial charge < -0.3 is 30.0 Å². The number of rotatable bonds is 11. The van der Waals surface area contributed by atoms with Crippen molar-refractivity contribution in [3.8, 4) is 17.1 Å². The largest absolute Gasteiger partial charge is 0.491 e. The predicted molar refractivity (Wildman–Crippen MR) is 164 cm³/mol. The molecule has 0 aliphatic carbocycles. The van der Waals surface area contributed by atoms with Crippen molar-refractivity contribution >= 4 is 28.5 Å². The summed E-state index contributed by atoms with van der Waals surface area (Å²) in [6, 6.07) is 10.8. The maximum atomic E-state index is 13.1. The minimum Gasteiger partial charge on any atom is -0.491 e. The number of aliphatic hydroxyl groups excluding tert-OH is 1. The number of amides is 2. The maximum absolute atomic E-state index is 13.1. The van der Waals surface area contributed by atoms with Gasteiger partial charge >= 0.3 is 0 Å². The number of carbonyl (C=O) groups excluding carboxylic acids is 2. The Labute approximate surface area is 248 Å². The van der Waals surface area contributed by atoms with Crippen LogP contribution in [-0.2, 0) is 0 Å². The summed E-state index contributed by atoms with van der Waals surface area (Å²) in [5.74, 6) is 0.366. The molecule has 4 heterocycles. The van der Waals surface area contributed by atoms with Crippen molar-refractivity contribution in [3.63, 3.8) is 0 Å². The molecule has 0 spiro atoms. The van der Waals surface area contributed by atoms with E-state index in [9.17, 15) is 19.5 Å². The van der Waals surface area contributed by atoms with Crippen molar-refractivity contribution in [2.24, 2.45) is 0 Å². The Hall–Kier alpha value is -4.48. The fourth-order valence-electron chi connectivity index (χ4n) is 5.87. The number of nitrogens with one attached hydrogen (secondary N) is 3. The van der Waals surface area contributed by atoms with Crippen LogP contribution in [0.25, 0.3) is 22.4 Å². The van der Waals surface area contributed by atoms with Gasteiger partial charge in [-0.1, -0.05) is 17.7 Å². The number of hydrogen-bond acceptors (Lipinski definition) is 8. The molecule has 1 atom stereocenters. The number of aliphatic hydroxyl groups is 1. The van der Waals surface area contributed by atoms with Crippen molar-refractivity contribution in [2.75, 3.05) is 44.6 Å². The molecule has 6 rings (SSSR count). The number of ether oxygens (including phenoxy) is 1. The van der Waals surface area contributed by atoms with Crippen LogP contribution in [0.4, 0.5) is 5.69 Å². The van der Waals surface area contributed by atoms with Gasteiger partial charge in [0.1, 0.15) is 29.8 Å². The highest BCUT2D eigenvalue weighted by Crippen LogP contribution is 2.30. The van der Waals surface area contributed by atoms with Crippen LogP contribution in [0.5, 0.6) is 5.75 Å². The lowest BCUT2D eigenvalue weighted by atomic mass is 10.1. The first kappa shape index (κ1) is 28.6. The van der Waals surface area contributed by atoms with Crippen molar-refractivity contribution in [2.45, 2.75) is 39.2 Å². The highest BCUT2D eigenvalue weighted by molar-refractivity contribution is 6.22. The number of hydrogen-bond donors (Lipinski definition) is 4. The topological polar surface area (TPSA) is 144 Å². The molecule has 0 radical (unpaired) electrons. The fourth-order valence-corrected chi connectivity index (χ4v) is 5.87. The summed E-state index contributed by atoms with van der Waals surface area (Å²) in [5.41, 5.74) is 4.14. The summed E-state index contributed by atoms with van der Waals surface area (Å²) in [6.07, 6.45) is 3.81. The van der Waals surface area contributed by atoms with E-state index in [1.54, 1.807) is 18.2 Å². The smallest absolute Gasteiger partial charge is 0.261 e. The minimum atomic E-state index is -0.846. The molecule has 2 aromatic heterocycles. The van der Waals surface area contributed by atoms with Gasteiger partial charge in [-0.15, -0.1) is 0 Å². The number of pyridine rings is 1. The Morgan fingerprint density at radius 1 is 1.02 bits per heavy atom. The fraction of sp³-hybridized carbons (Fsp3) is 0.375. The molecule has 2 aliphatic rings. The van der Waals surface area contributed by atoms with Gasteiger partial charge in [-0.25, -0.2) is 4.98 Å². The van der Waals surface area contributed by atoms with E-state index >= 15 is 0 Å². The first-order chi connectivity index (χ1) is 20.8. The number of benzene rings is 2. The summed E-state index contributed by atoms with van der Waals surface area (Å²) in [6.45, 7) is 7.57. The quantitative estimate of drug-likeness (QED) is 0.196. The molecular weight excluding hydrogens is 548 g/mol. The molecular formula is C32H36N6O5. The molecule has 43 heavy (non-hydrogen) atoms. The predicted octanol–water partition coefficient (Wildman–Crippen LogP) is 3.47. The van der Waals surface area contributed by atoms with Crippen LogP contribution in [0.2, 0.25) is 0 Å². The molecule has 224 valence electrons. The zero-order chi connectivity index (χ0) is 30.1. The molecule has 0 unspecified atom stereocenters. The third-order valence-electron chi connectivity index (χ3n) is 8.11. The van der Waals surface area contributed by atoms with Crippen LogP contribution < -0.4 is 15.6 Å². The number of nitrogens with zero attached hydrogens (tertiary/aromatic N) is 3. The molecule has 0 saturated carbocycles. The van der Waals surface area contributed by atoms with E-state index < -0.39 is 6.10 Å². The highest BCUT2D eigenvalue weighted by atomic mass is 16.5. The zero-order valence-corrected chi connectivity index (χ0v) is 24.4. The lowest BCUT2D eigenvalue weighted by Crippen LogP contribution is -2.33. The molecule has 4 aromatic rings. The number of aromatic amines is 2. The van der Waals surface area contributed by atoms with Gasteiger partial charge in [-0.2, -0.15) is 0 Å². The molecule has 0 bridgehead atoms. The first-order valence-electron chi connectivity index (χ1n) is 14.7. The van der Waals surface area contributed by atoms with Crippen LogP contribution in [0.3, 0.4) is 0 Å². The van der Waals surface area contributed by atoms with E-state index in [2.05, 4.69) is 25.2 Å². The number of fused-ring (bicyclic) bond motifs is 2. The average molecular weight is 585 g/mol. The SMILES string of the molecule is Cc1ccc(OC[C@H](O)CNc2cc[nH]c(=O)c2-c2nc3cc4c(cc3[nH]2)C(=O)N(CCCN2CCCC2)C4=O)c(C)c1. The number of imidazole rings is 1. The number of H-pyrrole nitrogens is 2. The summed E-state index contributed by atoms with van der Waals surface area (Å²) < 4.78 is 5.79. The van der Waals surface area contributed by atoms with E-state index in [0.29, 0.717) is 40.1 Å². The standard InChI is InChI=1S/C32H36N6O5/c1-19-6-7-27(20(2)14-19)43-18-21(39)17-34-24-8-9-33-30(40)28(24)29-35-25-15-22-23(16-26(25)36-29)32(42)38(31(22)41)13-5-12-37-10-3-4-11-37/h6-9,14-16,21,39H,3-5,10-13,17-18H2,1-2H3,(H,35,36)(H2,33,34,40)/t21-/m1/s1. The molecule has 4 N–H and O–H groups in total. The lowest BCUT2D eigenvalue weighted by molar-refractivity contribution is 0.0648. The molecule has 2 aliphatic heterocycles. The summed E-state index contributed by atoms with van der Waals surface area (Å²) in [4.78, 5) is 53.3. The Bertz CT molecular complexity index is 1690. The van der Waals surface area contributed by atoms with Crippen molar-refractivity contribution in [1.29, 1.82) is 0 Å². The van der Waals surface area contributed by atoms with E-state index in [4.69, 9.17) is 4.74 Å². The first-order valence-corrected chi connectivity index (χ1v) is 14.7. The van der Waals surface area contributed by atoms with E-state index in [1.807, 2.05) is 32.0 Å². The number of likely N-dealkylation sites (tertiary alicyclic amines) is 1. The van der Waals surface area contributed by atoms with Gasteiger partial charge in [0.2, 0.25) is 0 Å². The summed E-state index contributed by atoms with van der Waals surface area (Å²) >= 11 is 0. The Kier molecular flexibility index (Phi) is 8.00. The van der Waals surface area contributed by atoms with Gasteiger partial charge in [-0.05, 0) is 82.6 Å². The number of aryl methyl sites for hydroxylation is 2. The maximum Gasteiger partial charge on any atom is 0.261 e. The van der Waals surface area contributed by atoms with E-state index in [1.165, 1.54) is 23.9 Å². The molecule has 1 fully saturated rings. The highest BCUT2D eigenvalue weighted by Gasteiger charge is 2.36. The van der Waals surface area contributed by atoms with E-state index in [0.717, 1.165) is 37.2 Å². The monoisotopic (exact) mass is 584 g/mol. The Morgan fingerprint density at radius 3 is 2.56 bits per heavy atom. The van der Waals surface area contributed by atoms with Crippen LogP contribution in [0.1, 0.15) is 51.1 Å². The molecule has 11 heteroatoms. The van der Waals surface area contributed by atoms with Gasteiger partial charge in [-0.3, -0.25) is 19.3 Å². The third kappa shape index (κ3) is 5.91. The van der Waals surface area contributed by atoms with Gasteiger partial charge in [0.15, 0.2) is 0 Å². The number of anilines is 1. The second-order valence-corrected chi connectivity index (χ2v) is 11.4. The van der Waals surface area contributed by atoms with Crippen LogP contribution >= 0.6 is 0 Å². The molecule has 11 nitrogen and oxygen atoms in total. The van der Waals surface area contributed by atoms with Gasteiger partial charge in [0, 0.05) is 19.3 Å². The van der Waals surface area contributed by atoms with Crippen molar-refractivity contribution in [3.05, 3.63) is 75.2 Å². The minimum absolute atomic E-state index is 0.0724. The normalized spacial score (nSPS) is 15.8. The summed E-state index contributed by atoms with van der Waals surface area (Å²) in [5, 5.41) is 13.7. The zero-order valence-electron chi connectivity index (χ0n) is 24.4. The number of imide groups is 1. The second kappa shape index (κ2) is 12.0. The second-order valence-electron chi connectivity index (χ2n) is 11.4. The van der Waals surface area contributed by atoms with Crippen molar-refractivity contribution < 1.29 is 19.4 Å². The third-order valence-corrected chi connectivity index (χ3v) is 8.11. The molecule has 2 aromatic carbocycles. The van der Waals surface area contributed by atoms with Gasteiger partial charge in [0.25, 0.3) is 17.4 Å². The van der Waals surface area contributed by atoms with Crippen LogP contribution in [0.15, 0.2) is 47.4 Å². The molecule has 2 amide bonds. The Balaban J connectivity index is 1.15. The molecule has 1 saturated heterocycles. The van der Waals surface area contributed by atoms with E-state index in [-0.39, 0.29) is 41.9 Å². The summed E-state index contributed by atoms with van der Waals surface area (Å²) in [7, 11) is 0.